The molecule has 0 bridgehead atoms. The molecule has 1 N–H and O–H groups in total. The number of nitrogens with zero attached hydrogens (tertiary/aromatic N) is 2. The van der Waals surface area contributed by atoms with Gasteiger partial charge in [-0.2, -0.15) is 5.10 Å². The molecule has 4 aromatic carbocycles. The average molecular weight is 338 g/mol. The van der Waals surface area contributed by atoms with Crippen molar-refractivity contribution < 1.29 is 5.11 Å². The highest BCUT2D eigenvalue weighted by Gasteiger charge is 2.09. The van der Waals surface area contributed by atoms with Crippen LogP contribution in [0.2, 0.25) is 0 Å². The van der Waals surface area contributed by atoms with E-state index in [4.69, 9.17) is 5.10 Å². The van der Waals surface area contributed by atoms with Crippen LogP contribution in [0.3, 0.4) is 0 Å². The molecule has 0 aliphatic heterocycles. The first-order valence-electron chi connectivity index (χ1n) is 8.48. The molecule has 0 spiro atoms. The summed E-state index contributed by atoms with van der Waals surface area (Å²) in [5.41, 5.74) is 2.62. The number of hydrogen-bond acceptors (Lipinski definition) is 3. The minimum Gasteiger partial charge on any atom is -0.507 e. The van der Waals surface area contributed by atoms with Crippen LogP contribution >= 0.6 is 0 Å². The predicted molar refractivity (Wildman–Crippen MR) is 108 cm³/mol. The molecule has 0 amide bonds. The van der Waals surface area contributed by atoms with Crippen LogP contribution in [-0.4, -0.2) is 11.3 Å². The smallest absolute Gasteiger partial charge is 0.125 e. The van der Waals surface area contributed by atoms with Crippen LogP contribution in [0.1, 0.15) is 5.56 Å². The van der Waals surface area contributed by atoms with Crippen LogP contribution in [0.4, 0.5) is 11.4 Å². The van der Waals surface area contributed by atoms with Crippen LogP contribution < -0.4 is 5.01 Å². The second-order valence-corrected chi connectivity index (χ2v) is 5.95. The van der Waals surface area contributed by atoms with Gasteiger partial charge in [-0.25, -0.2) is 5.01 Å². The summed E-state index contributed by atoms with van der Waals surface area (Å²) < 4.78 is 0. The van der Waals surface area contributed by atoms with E-state index in [1.165, 1.54) is 0 Å². The molecule has 0 atom stereocenters. The van der Waals surface area contributed by atoms with Gasteiger partial charge in [0.25, 0.3) is 0 Å². The lowest BCUT2D eigenvalue weighted by molar-refractivity contribution is 0.475. The zero-order chi connectivity index (χ0) is 17.8. The molecule has 0 saturated carbocycles. The fourth-order valence-electron chi connectivity index (χ4n) is 2.96. The molecular formula is C23H18N2O. The zero-order valence-corrected chi connectivity index (χ0v) is 14.2. The van der Waals surface area contributed by atoms with Gasteiger partial charge in [0.05, 0.1) is 17.6 Å². The molecule has 3 nitrogen and oxygen atoms in total. The van der Waals surface area contributed by atoms with Crippen molar-refractivity contribution in [3.05, 3.63) is 103 Å². The Bertz CT molecular complexity index is 1000. The number of rotatable bonds is 4. The third-order valence-corrected chi connectivity index (χ3v) is 4.25. The quantitative estimate of drug-likeness (QED) is 0.382. The molecule has 0 aliphatic carbocycles. The van der Waals surface area contributed by atoms with E-state index in [1.807, 2.05) is 96.0 Å². The number of phenolic OH excluding ortho intramolecular Hbond substituents is 1. The van der Waals surface area contributed by atoms with Gasteiger partial charge in [-0.1, -0.05) is 66.7 Å². The normalized spacial score (nSPS) is 11.1. The average Bonchev–Trinajstić information content (AvgIpc) is 2.71. The Morgan fingerprint density at radius 1 is 0.654 bits per heavy atom. The Morgan fingerprint density at radius 3 is 1.88 bits per heavy atom. The van der Waals surface area contributed by atoms with Crippen molar-refractivity contribution in [1.82, 2.24) is 0 Å². The summed E-state index contributed by atoms with van der Waals surface area (Å²) in [6.45, 7) is 0. The maximum absolute atomic E-state index is 10.4. The maximum Gasteiger partial charge on any atom is 0.125 e. The highest BCUT2D eigenvalue weighted by atomic mass is 16.3. The molecule has 26 heavy (non-hydrogen) atoms. The number of fused-ring (bicyclic) bond motifs is 1. The summed E-state index contributed by atoms with van der Waals surface area (Å²) in [7, 11) is 0. The summed E-state index contributed by atoms with van der Waals surface area (Å²) in [4.78, 5) is 0. The first kappa shape index (κ1) is 15.9. The van der Waals surface area contributed by atoms with Crippen LogP contribution in [0.15, 0.2) is 102 Å². The maximum atomic E-state index is 10.4. The predicted octanol–water partition coefficient (Wildman–Crippen LogP) is 5.72. The van der Waals surface area contributed by atoms with E-state index < -0.39 is 0 Å². The van der Waals surface area contributed by atoms with E-state index in [0.717, 1.165) is 22.1 Å². The molecule has 0 saturated heterocycles. The number of hydrazone groups is 1. The van der Waals surface area contributed by atoms with E-state index >= 15 is 0 Å². The van der Waals surface area contributed by atoms with Gasteiger partial charge >= 0.3 is 0 Å². The Kier molecular flexibility index (Phi) is 4.35. The molecule has 4 rings (SSSR count). The summed E-state index contributed by atoms with van der Waals surface area (Å²) in [6.07, 6.45) is 1.72. The van der Waals surface area contributed by atoms with Gasteiger partial charge in [0, 0.05) is 5.56 Å². The van der Waals surface area contributed by atoms with Gasteiger partial charge in [0.1, 0.15) is 5.75 Å². The summed E-state index contributed by atoms with van der Waals surface area (Å²) >= 11 is 0. The minimum atomic E-state index is 0.216. The molecular weight excluding hydrogens is 320 g/mol. The largest absolute Gasteiger partial charge is 0.507 e. The summed E-state index contributed by atoms with van der Waals surface area (Å²) in [5.74, 6) is 0.216. The lowest BCUT2D eigenvalue weighted by atomic mass is 10.0. The molecule has 0 heterocycles. The van der Waals surface area contributed by atoms with Gasteiger partial charge < -0.3 is 5.11 Å². The van der Waals surface area contributed by atoms with Gasteiger partial charge in [0.15, 0.2) is 0 Å². The number of anilines is 2. The van der Waals surface area contributed by atoms with Crippen molar-refractivity contribution in [2.45, 2.75) is 0 Å². The van der Waals surface area contributed by atoms with E-state index in [9.17, 15) is 5.11 Å². The SMILES string of the molecule is Oc1ccc2ccccc2c1/C=N\N(c1ccccc1)c1ccccc1. The Labute approximate surface area is 152 Å². The summed E-state index contributed by atoms with van der Waals surface area (Å²) in [6, 6.07) is 31.5. The zero-order valence-electron chi connectivity index (χ0n) is 14.2. The molecule has 0 fully saturated rings. The lowest BCUT2D eigenvalue weighted by Gasteiger charge is -2.19. The van der Waals surface area contributed by atoms with Crippen molar-refractivity contribution >= 4 is 28.4 Å². The number of benzene rings is 4. The molecule has 3 heteroatoms. The number of aromatic hydroxyl groups is 1. The fourth-order valence-corrected chi connectivity index (χ4v) is 2.96. The van der Waals surface area contributed by atoms with Crippen molar-refractivity contribution in [2.24, 2.45) is 5.10 Å². The van der Waals surface area contributed by atoms with Crippen LogP contribution in [0.5, 0.6) is 5.75 Å². The molecule has 4 aromatic rings. The fraction of sp³-hybridized carbons (Fsp3) is 0. The molecule has 0 unspecified atom stereocenters. The lowest BCUT2D eigenvalue weighted by Crippen LogP contribution is -2.09. The van der Waals surface area contributed by atoms with Crippen LogP contribution in [-0.2, 0) is 0 Å². The first-order chi connectivity index (χ1) is 12.8. The Hall–Kier alpha value is -3.59. The Balaban J connectivity index is 1.81. The van der Waals surface area contributed by atoms with Crippen molar-refractivity contribution in [1.29, 1.82) is 0 Å². The van der Waals surface area contributed by atoms with Crippen molar-refractivity contribution in [3.63, 3.8) is 0 Å². The van der Waals surface area contributed by atoms with E-state index in [1.54, 1.807) is 12.3 Å². The van der Waals surface area contributed by atoms with Crippen molar-refractivity contribution in [2.75, 3.05) is 5.01 Å². The standard InChI is InChI=1S/C23H18N2O/c26-23-16-15-18-9-7-8-14-21(18)22(23)17-24-25(19-10-3-1-4-11-19)20-12-5-2-6-13-20/h1-17,26H/b24-17-. The van der Waals surface area contributed by atoms with E-state index in [2.05, 4.69) is 0 Å². The molecule has 126 valence electrons. The number of hydrogen-bond donors (Lipinski definition) is 1. The van der Waals surface area contributed by atoms with Gasteiger partial charge in [-0.05, 0) is 41.1 Å². The minimum absolute atomic E-state index is 0.216. The van der Waals surface area contributed by atoms with Crippen molar-refractivity contribution in [3.8, 4) is 5.75 Å². The topological polar surface area (TPSA) is 35.8 Å². The van der Waals surface area contributed by atoms with Gasteiger partial charge in [-0.3, -0.25) is 0 Å². The highest BCUT2D eigenvalue weighted by Crippen LogP contribution is 2.28. The van der Waals surface area contributed by atoms with Gasteiger partial charge in [-0.15, -0.1) is 0 Å². The summed E-state index contributed by atoms with van der Waals surface area (Å²) in [5, 5.41) is 18.9. The first-order valence-corrected chi connectivity index (χ1v) is 8.48. The second kappa shape index (κ2) is 7.11. The highest BCUT2D eigenvalue weighted by molar-refractivity contribution is 6.02. The van der Waals surface area contributed by atoms with E-state index in [0.29, 0.717) is 5.56 Å². The third kappa shape index (κ3) is 3.15. The van der Waals surface area contributed by atoms with Crippen LogP contribution in [0, 0.1) is 0 Å². The molecule has 0 aliphatic rings. The molecule has 0 radical (unpaired) electrons. The van der Waals surface area contributed by atoms with Gasteiger partial charge in [0.2, 0.25) is 0 Å². The molecule has 0 aromatic heterocycles. The Morgan fingerprint density at radius 2 is 1.23 bits per heavy atom. The van der Waals surface area contributed by atoms with E-state index in [-0.39, 0.29) is 5.75 Å². The number of phenols is 1. The third-order valence-electron chi connectivity index (χ3n) is 4.25. The van der Waals surface area contributed by atoms with Crippen LogP contribution in [0.25, 0.3) is 10.8 Å². The number of para-hydroxylation sites is 2. The monoisotopic (exact) mass is 338 g/mol. The second-order valence-electron chi connectivity index (χ2n) is 5.95.